The van der Waals surface area contributed by atoms with Crippen molar-refractivity contribution in [3.63, 3.8) is 0 Å². The molecule has 0 aliphatic carbocycles. The Hall–Kier alpha value is -2.83. The molecule has 2 heterocycles. The van der Waals surface area contributed by atoms with Crippen molar-refractivity contribution >= 4 is 17.5 Å². The number of nitrogens with one attached hydrogen (secondary N) is 1. The van der Waals surface area contributed by atoms with Crippen LogP contribution in [0, 0.1) is 12.8 Å². The summed E-state index contributed by atoms with van der Waals surface area (Å²) < 4.78 is 11.2. The van der Waals surface area contributed by atoms with Crippen molar-refractivity contribution in [2.75, 3.05) is 20.2 Å². The van der Waals surface area contributed by atoms with Crippen molar-refractivity contribution in [2.24, 2.45) is 5.92 Å². The maximum Gasteiger partial charge on any atom is 0.226 e. The maximum absolute atomic E-state index is 12.7. The number of amides is 1. The standard InChI is InChI=1S/C25H28ClN3O3/c1-17-22(28-25(32-17)19-7-9-21(26)10-8-19)16-29-13-11-18(12-14-29)24(30)27-15-20-5-3-4-6-23(20)31-2/h3-10,18H,11-16H2,1-2H3,(H,27,30). The van der Waals surface area contributed by atoms with E-state index in [-0.39, 0.29) is 11.8 Å². The van der Waals surface area contributed by atoms with Gasteiger partial charge in [0.05, 0.1) is 12.8 Å². The fourth-order valence-electron chi connectivity index (χ4n) is 4.03. The first-order chi connectivity index (χ1) is 15.5. The zero-order valence-corrected chi connectivity index (χ0v) is 19.2. The fourth-order valence-corrected chi connectivity index (χ4v) is 4.16. The summed E-state index contributed by atoms with van der Waals surface area (Å²) in [6, 6.07) is 15.2. The quantitative estimate of drug-likeness (QED) is 0.554. The number of aromatic nitrogens is 1. The topological polar surface area (TPSA) is 67.6 Å². The number of hydrogen-bond acceptors (Lipinski definition) is 5. The van der Waals surface area contributed by atoms with E-state index in [0.29, 0.717) is 17.5 Å². The van der Waals surface area contributed by atoms with Crippen LogP contribution < -0.4 is 10.1 Å². The Bertz CT molecular complexity index is 1060. The summed E-state index contributed by atoms with van der Waals surface area (Å²) in [5, 5.41) is 3.76. The molecule has 2 aromatic carbocycles. The van der Waals surface area contributed by atoms with E-state index in [1.165, 1.54) is 0 Å². The lowest BCUT2D eigenvalue weighted by atomic mass is 9.95. The number of nitrogens with zero attached hydrogens (tertiary/aromatic N) is 2. The lowest BCUT2D eigenvalue weighted by molar-refractivity contribution is -0.126. The first-order valence-electron chi connectivity index (χ1n) is 10.9. The third-order valence-electron chi connectivity index (χ3n) is 5.96. The second kappa shape index (κ2) is 10.2. The summed E-state index contributed by atoms with van der Waals surface area (Å²) >= 11 is 5.97. The highest BCUT2D eigenvalue weighted by Gasteiger charge is 2.26. The molecule has 3 aromatic rings. The zero-order chi connectivity index (χ0) is 22.5. The smallest absolute Gasteiger partial charge is 0.226 e. The number of benzene rings is 2. The van der Waals surface area contributed by atoms with Crippen LogP contribution in [-0.4, -0.2) is 36.0 Å². The van der Waals surface area contributed by atoms with Gasteiger partial charge in [-0.05, 0) is 63.2 Å². The summed E-state index contributed by atoms with van der Waals surface area (Å²) in [6.07, 6.45) is 1.66. The Morgan fingerprint density at radius 1 is 1.19 bits per heavy atom. The first-order valence-corrected chi connectivity index (χ1v) is 11.3. The molecule has 0 atom stereocenters. The van der Waals surface area contributed by atoms with E-state index in [2.05, 4.69) is 10.2 Å². The van der Waals surface area contributed by atoms with Crippen molar-refractivity contribution < 1.29 is 13.9 Å². The van der Waals surface area contributed by atoms with Gasteiger partial charge in [-0.15, -0.1) is 0 Å². The van der Waals surface area contributed by atoms with Crippen LogP contribution in [-0.2, 0) is 17.9 Å². The molecular formula is C25H28ClN3O3. The Labute approximate surface area is 193 Å². The van der Waals surface area contributed by atoms with Crippen molar-refractivity contribution in [3.8, 4) is 17.2 Å². The average molecular weight is 454 g/mol. The van der Waals surface area contributed by atoms with Crippen molar-refractivity contribution in [1.29, 1.82) is 0 Å². The number of rotatable bonds is 7. The van der Waals surface area contributed by atoms with Crippen molar-refractivity contribution in [2.45, 2.75) is 32.9 Å². The Morgan fingerprint density at radius 2 is 1.91 bits per heavy atom. The Balaban J connectivity index is 1.28. The number of carbonyl (C=O) groups is 1. The van der Waals surface area contributed by atoms with Crippen molar-refractivity contribution in [1.82, 2.24) is 15.2 Å². The molecule has 1 aliphatic rings. The number of likely N-dealkylation sites (tertiary alicyclic amines) is 1. The van der Waals surface area contributed by atoms with E-state index in [9.17, 15) is 4.79 Å². The van der Waals surface area contributed by atoms with Crippen LogP contribution in [0.5, 0.6) is 5.75 Å². The number of hydrogen-bond donors (Lipinski definition) is 1. The molecule has 0 unspecified atom stereocenters. The fraction of sp³-hybridized carbons (Fsp3) is 0.360. The minimum atomic E-state index is 0.0315. The summed E-state index contributed by atoms with van der Waals surface area (Å²) in [7, 11) is 1.64. The molecular weight excluding hydrogens is 426 g/mol. The zero-order valence-electron chi connectivity index (χ0n) is 18.4. The number of oxazole rings is 1. The highest BCUT2D eigenvalue weighted by Crippen LogP contribution is 2.26. The molecule has 168 valence electrons. The molecule has 1 N–H and O–H groups in total. The molecule has 1 fully saturated rings. The van der Waals surface area contributed by atoms with Crippen LogP contribution in [0.25, 0.3) is 11.5 Å². The summed E-state index contributed by atoms with van der Waals surface area (Å²) in [6.45, 7) is 4.86. The van der Waals surface area contributed by atoms with Gasteiger partial charge in [-0.1, -0.05) is 29.8 Å². The Kier molecular flexibility index (Phi) is 7.12. The summed E-state index contributed by atoms with van der Waals surface area (Å²) in [5.41, 5.74) is 2.84. The predicted octanol–water partition coefficient (Wildman–Crippen LogP) is 4.84. The summed E-state index contributed by atoms with van der Waals surface area (Å²) in [4.78, 5) is 19.7. The number of methoxy groups -OCH3 is 1. The normalized spacial score (nSPS) is 15.0. The molecule has 0 spiro atoms. The van der Waals surface area contributed by atoms with Crippen LogP contribution >= 0.6 is 11.6 Å². The maximum atomic E-state index is 12.7. The number of halogens is 1. The molecule has 32 heavy (non-hydrogen) atoms. The Morgan fingerprint density at radius 3 is 2.62 bits per heavy atom. The number of carbonyl (C=O) groups excluding carboxylic acids is 1. The minimum absolute atomic E-state index is 0.0315. The lowest BCUT2D eigenvalue weighted by Gasteiger charge is -2.30. The summed E-state index contributed by atoms with van der Waals surface area (Å²) in [5.74, 6) is 2.37. The van der Waals surface area contributed by atoms with E-state index < -0.39 is 0 Å². The van der Waals surface area contributed by atoms with E-state index in [0.717, 1.165) is 60.8 Å². The van der Waals surface area contributed by atoms with Crippen LogP contribution in [0.4, 0.5) is 0 Å². The van der Waals surface area contributed by atoms with Crippen LogP contribution in [0.2, 0.25) is 5.02 Å². The van der Waals surface area contributed by atoms with Gasteiger partial charge in [-0.25, -0.2) is 4.98 Å². The molecule has 4 rings (SSSR count). The van der Waals surface area contributed by atoms with E-state index in [1.54, 1.807) is 7.11 Å². The molecule has 1 aromatic heterocycles. The van der Waals surface area contributed by atoms with Gasteiger partial charge in [0.15, 0.2) is 0 Å². The molecule has 1 amide bonds. The molecule has 6 nitrogen and oxygen atoms in total. The molecule has 0 bridgehead atoms. The molecule has 0 radical (unpaired) electrons. The minimum Gasteiger partial charge on any atom is -0.496 e. The van der Waals surface area contributed by atoms with Crippen LogP contribution in [0.1, 0.15) is 29.9 Å². The molecule has 7 heteroatoms. The average Bonchev–Trinajstić information content (AvgIpc) is 3.18. The van der Waals surface area contributed by atoms with Gasteiger partial charge < -0.3 is 14.5 Å². The van der Waals surface area contributed by atoms with Gasteiger partial charge in [-0.3, -0.25) is 9.69 Å². The largest absolute Gasteiger partial charge is 0.496 e. The third-order valence-corrected chi connectivity index (χ3v) is 6.21. The van der Waals surface area contributed by atoms with Gasteiger partial charge in [0, 0.05) is 35.2 Å². The predicted molar refractivity (Wildman–Crippen MR) is 125 cm³/mol. The van der Waals surface area contributed by atoms with Gasteiger partial charge in [0.2, 0.25) is 11.8 Å². The van der Waals surface area contributed by atoms with Gasteiger partial charge >= 0.3 is 0 Å². The van der Waals surface area contributed by atoms with Crippen LogP contribution in [0.15, 0.2) is 52.9 Å². The molecule has 1 saturated heterocycles. The SMILES string of the molecule is COc1ccccc1CNC(=O)C1CCN(Cc2nc(-c3ccc(Cl)cc3)oc2C)CC1. The highest BCUT2D eigenvalue weighted by atomic mass is 35.5. The monoisotopic (exact) mass is 453 g/mol. The third kappa shape index (κ3) is 5.31. The van der Waals surface area contributed by atoms with Crippen LogP contribution in [0.3, 0.4) is 0 Å². The second-order valence-corrected chi connectivity index (χ2v) is 8.55. The highest BCUT2D eigenvalue weighted by molar-refractivity contribution is 6.30. The lowest BCUT2D eigenvalue weighted by Crippen LogP contribution is -2.40. The molecule has 1 aliphatic heterocycles. The second-order valence-electron chi connectivity index (χ2n) is 8.11. The van der Waals surface area contributed by atoms with Gasteiger partial charge in [0.1, 0.15) is 11.5 Å². The number of piperidine rings is 1. The van der Waals surface area contributed by atoms with Gasteiger partial charge in [0.25, 0.3) is 0 Å². The number of para-hydroxylation sites is 1. The first kappa shape index (κ1) is 22.4. The van der Waals surface area contributed by atoms with Crippen molar-refractivity contribution in [3.05, 3.63) is 70.6 Å². The van der Waals surface area contributed by atoms with E-state index >= 15 is 0 Å². The van der Waals surface area contributed by atoms with Gasteiger partial charge in [-0.2, -0.15) is 0 Å². The van der Waals surface area contributed by atoms with E-state index in [1.807, 2.05) is 55.5 Å². The molecule has 0 saturated carbocycles. The number of aryl methyl sites for hydroxylation is 1. The number of ether oxygens (including phenoxy) is 1. The van der Waals surface area contributed by atoms with E-state index in [4.69, 9.17) is 25.7 Å².